The summed E-state index contributed by atoms with van der Waals surface area (Å²) in [5.74, 6) is 0.197. The molecule has 0 saturated heterocycles. The molecule has 1 heterocycles. The largest absolute Gasteiger partial charge is 0.320 e. The molecule has 0 fully saturated rings. The van der Waals surface area contributed by atoms with E-state index in [1.165, 1.54) is 24.3 Å². The fraction of sp³-hybridized carbons (Fsp3) is 0.188. The standard InChI is InChI=1S/C16H13ClF2N2/c1-10(11-3-2-4-12(18)7-11)21-15-8-13(19)5-6-14(15)20-16(21)9-17/h2-8,10H,9H2,1H3. The van der Waals surface area contributed by atoms with E-state index in [0.717, 1.165) is 5.56 Å². The molecule has 108 valence electrons. The summed E-state index contributed by atoms with van der Waals surface area (Å²) in [5.41, 5.74) is 2.11. The summed E-state index contributed by atoms with van der Waals surface area (Å²) in [6.07, 6.45) is 0. The molecule has 0 aliphatic rings. The normalized spacial score (nSPS) is 12.8. The topological polar surface area (TPSA) is 17.8 Å². The van der Waals surface area contributed by atoms with Gasteiger partial charge in [-0.05, 0) is 42.8 Å². The van der Waals surface area contributed by atoms with Crippen LogP contribution < -0.4 is 0 Å². The lowest BCUT2D eigenvalue weighted by Gasteiger charge is -2.17. The second-order valence-electron chi connectivity index (χ2n) is 4.90. The van der Waals surface area contributed by atoms with Crippen molar-refractivity contribution >= 4 is 22.6 Å². The minimum absolute atomic E-state index is 0.193. The fourth-order valence-corrected chi connectivity index (χ4v) is 2.75. The Kier molecular flexibility index (Phi) is 3.64. The smallest absolute Gasteiger partial charge is 0.125 e. The predicted octanol–water partition coefficient (Wildman–Crippen LogP) is 4.66. The van der Waals surface area contributed by atoms with Crippen LogP contribution in [0.2, 0.25) is 0 Å². The number of nitrogens with zero attached hydrogens (tertiary/aromatic N) is 2. The first-order valence-corrected chi connectivity index (χ1v) is 7.11. The van der Waals surface area contributed by atoms with Gasteiger partial charge in [0.1, 0.15) is 17.5 Å². The monoisotopic (exact) mass is 306 g/mol. The zero-order chi connectivity index (χ0) is 15.0. The van der Waals surface area contributed by atoms with Crippen molar-refractivity contribution in [1.82, 2.24) is 9.55 Å². The Morgan fingerprint density at radius 1 is 1.14 bits per heavy atom. The van der Waals surface area contributed by atoms with E-state index in [1.54, 1.807) is 12.1 Å². The van der Waals surface area contributed by atoms with Crippen molar-refractivity contribution in [2.24, 2.45) is 0 Å². The minimum Gasteiger partial charge on any atom is -0.320 e. The average molecular weight is 307 g/mol. The molecule has 1 aromatic heterocycles. The van der Waals surface area contributed by atoms with Crippen molar-refractivity contribution in [3.63, 3.8) is 0 Å². The lowest BCUT2D eigenvalue weighted by molar-refractivity contribution is 0.600. The van der Waals surface area contributed by atoms with E-state index in [2.05, 4.69) is 4.98 Å². The van der Waals surface area contributed by atoms with E-state index < -0.39 is 0 Å². The molecule has 0 aliphatic carbocycles. The zero-order valence-corrected chi connectivity index (χ0v) is 12.1. The minimum atomic E-state index is -0.337. The molecule has 2 aromatic carbocycles. The molecular formula is C16H13ClF2N2. The Hall–Kier alpha value is -1.94. The van der Waals surface area contributed by atoms with Gasteiger partial charge in [0.25, 0.3) is 0 Å². The van der Waals surface area contributed by atoms with Crippen LogP contribution in [0.3, 0.4) is 0 Å². The number of imidazole rings is 1. The Morgan fingerprint density at radius 3 is 2.62 bits per heavy atom. The van der Waals surface area contributed by atoms with Crippen LogP contribution in [0.5, 0.6) is 0 Å². The van der Waals surface area contributed by atoms with Gasteiger partial charge in [0, 0.05) is 0 Å². The van der Waals surface area contributed by atoms with Gasteiger partial charge in [-0.25, -0.2) is 13.8 Å². The van der Waals surface area contributed by atoms with Crippen molar-refractivity contribution in [2.45, 2.75) is 18.8 Å². The molecule has 0 aliphatic heterocycles. The summed E-state index contributed by atoms with van der Waals surface area (Å²) >= 11 is 5.95. The van der Waals surface area contributed by atoms with Gasteiger partial charge in [-0.15, -0.1) is 11.6 Å². The molecule has 0 amide bonds. The van der Waals surface area contributed by atoms with Crippen LogP contribution in [-0.4, -0.2) is 9.55 Å². The van der Waals surface area contributed by atoms with Gasteiger partial charge in [-0.2, -0.15) is 0 Å². The third-order valence-electron chi connectivity index (χ3n) is 3.56. The van der Waals surface area contributed by atoms with Crippen LogP contribution in [0, 0.1) is 11.6 Å². The number of alkyl halides is 1. The maximum absolute atomic E-state index is 13.5. The number of benzene rings is 2. The second kappa shape index (κ2) is 5.45. The molecule has 0 spiro atoms. The van der Waals surface area contributed by atoms with Crippen LogP contribution in [0.1, 0.15) is 24.4 Å². The third-order valence-corrected chi connectivity index (χ3v) is 3.80. The molecule has 0 saturated carbocycles. The Balaban J connectivity index is 2.20. The SMILES string of the molecule is CC(c1cccc(F)c1)n1c(CCl)nc2ccc(F)cc21. The van der Waals surface area contributed by atoms with Crippen LogP contribution in [0.25, 0.3) is 11.0 Å². The molecule has 21 heavy (non-hydrogen) atoms. The summed E-state index contributed by atoms with van der Waals surface area (Å²) in [5, 5.41) is 0. The number of aromatic nitrogens is 2. The first-order chi connectivity index (χ1) is 10.1. The number of hydrogen-bond donors (Lipinski definition) is 0. The summed E-state index contributed by atoms with van der Waals surface area (Å²) in [7, 11) is 0. The van der Waals surface area contributed by atoms with Gasteiger partial charge < -0.3 is 4.57 Å². The number of fused-ring (bicyclic) bond motifs is 1. The predicted molar refractivity (Wildman–Crippen MR) is 79.5 cm³/mol. The van der Waals surface area contributed by atoms with Crippen LogP contribution in [-0.2, 0) is 5.88 Å². The molecule has 0 bridgehead atoms. The van der Waals surface area contributed by atoms with E-state index in [-0.39, 0.29) is 23.6 Å². The Morgan fingerprint density at radius 2 is 1.90 bits per heavy atom. The highest BCUT2D eigenvalue weighted by Crippen LogP contribution is 2.27. The summed E-state index contributed by atoms with van der Waals surface area (Å²) in [4.78, 5) is 4.41. The van der Waals surface area contributed by atoms with Crippen molar-refractivity contribution in [1.29, 1.82) is 0 Å². The van der Waals surface area contributed by atoms with Gasteiger partial charge in [0.2, 0.25) is 0 Å². The van der Waals surface area contributed by atoms with Gasteiger partial charge in [0.15, 0.2) is 0 Å². The summed E-state index contributed by atoms with van der Waals surface area (Å²) in [6, 6.07) is 10.6. The quantitative estimate of drug-likeness (QED) is 0.643. The van der Waals surface area contributed by atoms with Crippen molar-refractivity contribution in [2.75, 3.05) is 0 Å². The van der Waals surface area contributed by atoms with Gasteiger partial charge >= 0.3 is 0 Å². The number of hydrogen-bond acceptors (Lipinski definition) is 1. The highest BCUT2D eigenvalue weighted by atomic mass is 35.5. The molecule has 1 atom stereocenters. The summed E-state index contributed by atoms with van der Waals surface area (Å²) < 4.78 is 28.8. The van der Waals surface area contributed by atoms with Gasteiger partial charge in [-0.3, -0.25) is 0 Å². The molecule has 3 aromatic rings. The molecule has 0 N–H and O–H groups in total. The van der Waals surface area contributed by atoms with E-state index in [0.29, 0.717) is 16.9 Å². The van der Waals surface area contributed by atoms with Crippen molar-refractivity contribution in [3.8, 4) is 0 Å². The number of halogens is 3. The van der Waals surface area contributed by atoms with Gasteiger partial charge in [0.05, 0.1) is 23.0 Å². The molecule has 1 unspecified atom stereocenters. The molecule has 2 nitrogen and oxygen atoms in total. The zero-order valence-electron chi connectivity index (χ0n) is 11.4. The van der Waals surface area contributed by atoms with E-state index in [1.807, 2.05) is 17.6 Å². The van der Waals surface area contributed by atoms with E-state index in [9.17, 15) is 8.78 Å². The van der Waals surface area contributed by atoms with Crippen molar-refractivity contribution < 1.29 is 8.78 Å². The molecule has 5 heteroatoms. The Labute approximate surface area is 126 Å². The van der Waals surface area contributed by atoms with Gasteiger partial charge in [-0.1, -0.05) is 12.1 Å². The lowest BCUT2D eigenvalue weighted by Crippen LogP contribution is -2.10. The third kappa shape index (κ3) is 2.51. The average Bonchev–Trinajstić information content (AvgIpc) is 2.84. The number of rotatable bonds is 3. The van der Waals surface area contributed by atoms with Crippen LogP contribution >= 0.6 is 11.6 Å². The molecular weight excluding hydrogens is 294 g/mol. The second-order valence-corrected chi connectivity index (χ2v) is 5.16. The highest BCUT2D eigenvalue weighted by molar-refractivity contribution is 6.16. The van der Waals surface area contributed by atoms with E-state index in [4.69, 9.17) is 11.6 Å². The Bertz CT molecular complexity index is 798. The first-order valence-electron chi connectivity index (χ1n) is 6.58. The van der Waals surface area contributed by atoms with Crippen LogP contribution in [0.4, 0.5) is 8.78 Å². The van der Waals surface area contributed by atoms with E-state index >= 15 is 0 Å². The fourth-order valence-electron chi connectivity index (χ4n) is 2.56. The molecule has 3 rings (SSSR count). The maximum atomic E-state index is 13.5. The molecule has 0 radical (unpaired) electrons. The lowest BCUT2D eigenvalue weighted by atomic mass is 10.1. The van der Waals surface area contributed by atoms with Crippen LogP contribution in [0.15, 0.2) is 42.5 Å². The van der Waals surface area contributed by atoms with Crippen molar-refractivity contribution in [3.05, 3.63) is 65.5 Å². The highest BCUT2D eigenvalue weighted by Gasteiger charge is 2.17. The summed E-state index contributed by atoms with van der Waals surface area (Å²) in [6.45, 7) is 1.91. The first kappa shape index (κ1) is 14.0. The maximum Gasteiger partial charge on any atom is 0.125 e.